The molecule has 0 radical (unpaired) electrons. The number of rotatable bonds is 4. The third kappa shape index (κ3) is 3.32. The van der Waals surface area contributed by atoms with E-state index >= 15 is 0 Å². The predicted octanol–water partition coefficient (Wildman–Crippen LogP) is 4.21. The van der Waals surface area contributed by atoms with Crippen LogP contribution in [0.5, 0.6) is 0 Å². The van der Waals surface area contributed by atoms with Crippen LogP contribution >= 0.6 is 11.3 Å². The maximum Gasteiger partial charge on any atom is 0.183 e. The predicted molar refractivity (Wildman–Crippen MR) is 96.9 cm³/mol. The number of thiophene rings is 1. The first-order valence-corrected chi connectivity index (χ1v) is 8.53. The van der Waals surface area contributed by atoms with Crippen molar-refractivity contribution in [1.82, 2.24) is 19.9 Å². The number of benzene rings is 1. The van der Waals surface area contributed by atoms with Gasteiger partial charge in [0.05, 0.1) is 11.6 Å². The first kappa shape index (κ1) is 15.6. The largest absolute Gasteiger partial charge is 0.365 e. The molecule has 3 aromatic heterocycles. The molecule has 0 aliphatic heterocycles. The van der Waals surface area contributed by atoms with E-state index in [4.69, 9.17) is 0 Å². The lowest BCUT2D eigenvalue weighted by Gasteiger charge is -2.09. The summed E-state index contributed by atoms with van der Waals surface area (Å²) in [7, 11) is 0. The molecule has 0 saturated carbocycles. The second kappa shape index (κ2) is 6.52. The molecule has 0 atom stereocenters. The van der Waals surface area contributed by atoms with Gasteiger partial charge in [-0.1, -0.05) is 12.1 Å². The Labute approximate surface area is 147 Å². The highest BCUT2D eigenvalue weighted by Gasteiger charge is 2.12. The van der Waals surface area contributed by atoms with E-state index in [0.717, 1.165) is 26.5 Å². The lowest BCUT2D eigenvalue weighted by atomic mass is 10.2. The summed E-state index contributed by atoms with van der Waals surface area (Å²) in [6, 6.07) is 8.47. The number of nitrogens with zero attached hydrogens (tertiary/aromatic N) is 4. The van der Waals surface area contributed by atoms with Gasteiger partial charge >= 0.3 is 0 Å². The SMILES string of the molecule is Cc1cc2c(NCc3ccc(F)cc3)nc(-c3cnccn3)nc2s1. The van der Waals surface area contributed by atoms with Gasteiger partial charge in [0.25, 0.3) is 0 Å². The van der Waals surface area contributed by atoms with Gasteiger partial charge in [0, 0.05) is 23.8 Å². The maximum absolute atomic E-state index is 13.0. The minimum atomic E-state index is -0.244. The molecule has 4 rings (SSSR count). The highest BCUT2D eigenvalue weighted by Crippen LogP contribution is 2.30. The maximum atomic E-state index is 13.0. The fraction of sp³-hybridized carbons (Fsp3) is 0.111. The topological polar surface area (TPSA) is 63.6 Å². The van der Waals surface area contributed by atoms with Crippen molar-refractivity contribution in [3.05, 3.63) is 65.2 Å². The van der Waals surface area contributed by atoms with E-state index in [1.165, 1.54) is 12.1 Å². The minimum Gasteiger partial charge on any atom is -0.365 e. The van der Waals surface area contributed by atoms with Gasteiger partial charge in [-0.05, 0) is 30.7 Å². The Morgan fingerprint density at radius 1 is 1.12 bits per heavy atom. The number of hydrogen-bond acceptors (Lipinski definition) is 6. The van der Waals surface area contributed by atoms with Crippen LogP contribution < -0.4 is 5.32 Å². The molecule has 4 aromatic rings. The van der Waals surface area contributed by atoms with Crippen molar-refractivity contribution in [2.24, 2.45) is 0 Å². The Hall–Kier alpha value is -2.93. The van der Waals surface area contributed by atoms with E-state index in [1.54, 1.807) is 42.1 Å². The summed E-state index contributed by atoms with van der Waals surface area (Å²) in [5, 5.41) is 4.30. The fourth-order valence-electron chi connectivity index (χ4n) is 2.49. The third-order valence-electron chi connectivity index (χ3n) is 3.68. The van der Waals surface area contributed by atoms with Crippen molar-refractivity contribution in [3.63, 3.8) is 0 Å². The molecular weight excluding hydrogens is 337 g/mol. The molecule has 3 heterocycles. The molecule has 124 valence electrons. The number of halogens is 1. The zero-order chi connectivity index (χ0) is 17.2. The summed E-state index contributed by atoms with van der Waals surface area (Å²) in [5.74, 6) is 1.02. The molecule has 7 heteroatoms. The van der Waals surface area contributed by atoms with E-state index < -0.39 is 0 Å². The molecule has 0 aliphatic rings. The highest BCUT2D eigenvalue weighted by molar-refractivity contribution is 7.18. The van der Waals surface area contributed by atoms with Gasteiger partial charge in [0.2, 0.25) is 0 Å². The van der Waals surface area contributed by atoms with Crippen LogP contribution in [-0.2, 0) is 6.54 Å². The number of aryl methyl sites for hydroxylation is 1. The molecule has 0 aliphatic carbocycles. The van der Waals surface area contributed by atoms with Crippen molar-refractivity contribution >= 4 is 27.4 Å². The van der Waals surface area contributed by atoms with Crippen LogP contribution in [0.4, 0.5) is 10.2 Å². The van der Waals surface area contributed by atoms with Crippen LogP contribution in [0.15, 0.2) is 48.9 Å². The number of fused-ring (bicyclic) bond motifs is 1. The van der Waals surface area contributed by atoms with Gasteiger partial charge in [-0.25, -0.2) is 19.3 Å². The second-order valence-electron chi connectivity index (χ2n) is 5.54. The van der Waals surface area contributed by atoms with Gasteiger partial charge in [-0.3, -0.25) is 4.98 Å². The third-order valence-corrected chi connectivity index (χ3v) is 4.63. The first-order valence-electron chi connectivity index (χ1n) is 7.72. The molecule has 0 bridgehead atoms. The number of anilines is 1. The van der Waals surface area contributed by atoms with E-state index in [-0.39, 0.29) is 5.82 Å². The van der Waals surface area contributed by atoms with Gasteiger partial charge < -0.3 is 5.32 Å². The monoisotopic (exact) mass is 351 g/mol. The normalized spacial score (nSPS) is 11.0. The Morgan fingerprint density at radius 2 is 1.96 bits per heavy atom. The summed E-state index contributed by atoms with van der Waals surface area (Å²) < 4.78 is 13.0. The summed E-state index contributed by atoms with van der Waals surface area (Å²) in [6.45, 7) is 2.58. The molecule has 0 spiro atoms. The molecule has 1 aromatic carbocycles. The van der Waals surface area contributed by atoms with Crippen LogP contribution in [0.3, 0.4) is 0 Å². The van der Waals surface area contributed by atoms with Gasteiger partial charge in [0.1, 0.15) is 22.2 Å². The zero-order valence-corrected chi connectivity index (χ0v) is 14.2. The average molecular weight is 351 g/mol. The van der Waals surface area contributed by atoms with Crippen LogP contribution in [0.25, 0.3) is 21.7 Å². The first-order chi connectivity index (χ1) is 12.2. The average Bonchev–Trinajstić information content (AvgIpc) is 3.02. The van der Waals surface area contributed by atoms with E-state index in [9.17, 15) is 4.39 Å². The summed E-state index contributed by atoms with van der Waals surface area (Å²) in [4.78, 5) is 19.7. The number of nitrogens with one attached hydrogen (secondary N) is 1. The van der Waals surface area contributed by atoms with Gasteiger partial charge in [0.15, 0.2) is 5.82 Å². The van der Waals surface area contributed by atoms with Crippen molar-refractivity contribution < 1.29 is 4.39 Å². The lowest BCUT2D eigenvalue weighted by molar-refractivity contribution is 0.627. The molecular formula is C18H14FN5S. The van der Waals surface area contributed by atoms with E-state index in [0.29, 0.717) is 18.1 Å². The summed E-state index contributed by atoms with van der Waals surface area (Å²) >= 11 is 1.61. The number of aromatic nitrogens is 4. The smallest absolute Gasteiger partial charge is 0.183 e. The Bertz CT molecular complexity index is 1020. The minimum absolute atomic E-state index is 0.244. The lowest BCUT2D eigenvalue weighted by Crippen LogP contribution is -2.04. The van der Waals surface area contributed by atoms with Crippen molar-refractivity contribution in [2.45, 2.75) is 13.5 Å². The number of hydrogen-bond donors (Lipinski definition) is 1. The van der Waals surface area contributed by atoms with Crippen LogP contribution in [-0.4, -0.2) is 19.9 Å². The van der Waals surface area contributed by atoms with E-state index in [1.807, 2.05) is 6.92 Å². The van der Waals surface area contributed by atoms with Gasteiger partial charge in [-0.15, -0.1) is 11.3 Å². The Balaban J connectivity index is 1.72. The summed E-state index contributed by atoms with van der Waals surface area (Å²) in [5.41, 5.74) is 1.60. The molecule has 1 N–H and O–H groups in total. The van der Waals surface area contributed by atoms with Gasteiger partial charge in [-0.2, -0.15) is 0 Å². The van der Waals surface area contributed by atoms with Crippen molar-refractivity contribution in [2.75, 3.05) is 5.32 Å². The highest BCUT2D eigenvalue weighted by atomic mass is 32.1. The Morgan fingerprint density at radius 3 is 2.72 bits per heavy atom. The summed E-state index contributed by atoms with van der Waals surface area (Å²) in [6.07, 6.45) is 4.88. The zero-order valence-electron chi connectivity index (χ0n) is 13.4. The van der Waals surface area contributed by atoms with Crippen molar-refractivity contribution in [1.29, 1.82) is 0 Å². The van der Waals surface area contributed by atoms with Crippen LogP contribution in [0.2, 0.25) is 0 Å². The quantitative estimate of drug-likeness (QED) is 0.597. The molecule has 25 heavy (non-hydrogen) atoms. The Kier molecular flexibility index (Phi) is 4.07. The molecule has 0 fully saturated rings. The molecule has 0 amide bonds. The molecule has 0 saturated heterocycles. The van der Waals surface area contributed by atoms with E-state index in [2.05, 4.69) is 31.3 Å². The van der Waals surface area contributed by atoms with Crippen LogP contribution in [0, 0.1) is 12.7 Å². The van der Waals surface area contributed by atoms with Crippen LogP contribution in [0.1, 0.15) is 10.4 Å². The standard InChI is InChI=1S/C18H14FN5S/c1-11-8-14-16(22-9-12-2-4-13(19)5-3-12)23-17(24-18(14)25-11)15-10-20-6-7-21-15/h2-8,10H,9H2,1H3,(H,22,23,24). The molecule has 5 nitrogen and oxygen atoms in total. The molecule has 0 unspecified atom stereocenters. The second-order valence-corrected chi connectivity index (χ2v) is 6.78. The fourth-order valence-corrected chi connectivity index (χ4v) is 3.37. The van der Waals surface area contributed by atoms with Crippen molar-refractivity contribution in [3.8, 4) is 11.5 Å².